The third-order valence-electron chi connectivity index (χ3n) is 6.52. The molecule has 4 heteroatoms. The first kappa shape index (κ1) is 19.5. The van der Waals surface area contributed by atoms with Crippen LogP contribution in [0.25, 0.3) is 0 Å². The summed E-state index contributed by atoms with van der Waals surface area (Å²) in [7, 11) is 4.27. The van der Waals surface area contributed by atoms with E-state index in [1.165, 1.54) is 64.2 Å². The SMILES string of the molecule is CN(Cc1cc(O)c(CN(C)C2CCCCC2)cc1O)C1CCCCC1. The molecule has 0 spiro atoms. The summed E-state index contributed by atoms with van der Waals surface area (Å²) in [4.78, 5) is 4.67. The first-order valence-electron chi connectivity index (χ1n) is 10.5. The fourth-order valence-corrected chi connectivity index (χ4v) is 4.76. The van der Waals surface area contributed by atoms with Crippen molar-refractivity contribution in [2.24, 2.45) is 0 Å². The molecule has 0 aliphatic heterocycles. The minimum atomic E-state index is 0.317. The Morgan fingerprint density at radius 3 is 1.38 bits per heavy atom. The van der Waals surface area contributed by atoms with Gasteiger partial charge in [0.15, 0.2) is 0 Å². The molecule has 1 aromatic carbocycles. The van der Waals surface area contributed by atoms with Crippen molar-refractivity contribution in [3.05, 3.63) is 23.3 Å². The largest absolute Gasteiger partial charge is 0.508 e. The van der Waals surface area contributed by atoms with Crippen molar-refractivity contribution in [3.63, 3.8) is 0 Å². The van der Waals surface area contributed by atoms with Gasteiger partial charge in [0.1, 0.15) is 11.5 Å². The summed E-state index contributed by atoms with van der Waals surface area (Å²) in [5, 5.41) is 21.1. The summed E-state index contributed by atoms with van der Waals surface area (Å²) in [6.45, 7) is 1.39. The minimum absolute atomic E-state index is 0.317. The summed E-state index contributed by atoms with van der Waals surface area (Å²) in [6, 6.07) is 4.75. The summed E-state index contributed by atoms with van der Waals surface area (Å²) >= 11 is 0. The second-order valence-electron chi connectivity index (χ2n) is 8.52. The van der Waals surface area contributed by atoms with Gasteiger partial charge in [0.05, 0.1) is 0 Å². The van der Waals surface area contributed by atoms with Crippen molar-refractivity contribution in [3.8, 4) is 11.5 Å². The van der Waals surface area contributed by atoms with Crippen LogP contribution in [0.4, 0.5) is 0 Å². The average molecular weight is 361 g/mol. The molecule has 4 nitrogen and oxygen atoms in total. The molecule has 2 aliphatic rings. The first-order chi connectivity index (χ1) is 12.5. The molecule has 146 valence electrons. The van der Waals surface area contributed by atoms with Crippen LogP contribution in [0.15, 0.2) is 12.1 Å². The van der Waals surface area contributed by atoms with Crippen molar-refractivity contribution in [2.45, 2.75) is 89.4 Å². The Kier molecular flexibility index (Phi) is 6.82. The van der Waals surface area contributed by atoms with Gasteiger partial charge in [-0.3, -0.25) is 9.80 Å². The summed E-state index contributed by atoms with van der Waals surface area (Å²) in [5.41, 5.74) is 1.67. The van der Waals surface area contributed by atoms with E-state index in [1.807, 2.05) is 0 Å². The first-order valence-corrected chi connectivity index (χ1v) is 10.5. The standard InChI is InChI=1S/C22H36N2O2/c1-23(19-9-5-3-6-10-19)15-17-13-22(26)18(14-21(17)25)16-24(2)20-11-7-4-8-12-20/h13-14,19-20,25-26H,3-12,15-16H2,1-2H3. The molecule has 1 aromatic rings. The number of hydrogen-bond donors (Lipinski definition) is 2. The molecule has 0 atom stereocenters. The highest BCUT2D eigenvalue weighted by atomic mass is 16.3. The zero-order chi connectivity index (χ0) is 18.5. The molecular formula is C22H36N2O2. The molecule has 0 unspecified atom stereocenters. The molecule has 2 fully saturated rings. The lowest BCUT2D eigenvalue weighted by Crippen LogP contribution is -2.33. The van der Waals surface area contributed by atoms with E-state index in [4.69, 9.17) is 0 Å². The Morgan fingerprint density at radius 2 is 1.04 bits per heavy atom. The van der Waals surface area contributed by atoms with E-state index in [2.05, 4.69) is 23.9 Å². The van der Waals surface area contributed by atoms with E-state index in [0.29, 0.717) is 36.7 Å². The lowest BCUT2D eigenvalue weighted by molar-refractivity contribution is 0.180. The van der Waals surface area contributed by atoms with Crippen LogP contribution < -0.4 is 0 Å². The molecule has 0 radical (unpaired) electrons. The fraction of sp³-hybridized carbons (Fsp3) is 0.727. The van der Waals surface area contributed by atoms with Gasteiger partial charge in [-0.05, 0) is 51.9 Å². The maximum atomic E-state index is 10.5. The molecule has 0 bridgehead atoms. The molecule has 26 heavy (non-hydrogen) atoms. The maximum Gasteiger partial charge on any atom is 0.120 e. The van der Waals surface area contributed by atoms with Crippen LogP contribution in [0.5, 0.6) is 11.5 Å². The predicted octanol–water partition coefficient (Wildman–Crippen LogP) is 4.63. The summed E-state index contributed by atoms with van der Waals surface area (Å²) < 4.78 is 0. The van der Waals surface area contributed by atoms with Gasteiger partial charge in [-0.15, -0.1) is 0 Å². The second-order valence-corrected chi connectivity index (χ2v) is 8.52. The highest BCUT2D eigenvalue weighted by molar-refractivity contribution is 5.45. The molecule has 0 amide bonds. The van der Waals surface area contributed by atoms with Crippen molar-refractivity contribution >= 4 is 0 Å². The highest BCUT2D eigenvalue weighted by Crippen LogP contribution is 2.32. The highest BCUT2D eigenvalue weighted by Gasteiger charge is 2.22. The lowest BCUT2D eigenvalue weighted by Gasteiger charge is -2.32. The maximum absolute atomic E-state index is 10.5. The van der Waals surface area contributed by atoms with Gasteiger partial charge in [-0.25, -0.2) is 0 Å². The number of rotatable bonds is 6. The minimum Gasteiger partial charge on any atom is -0.508 e. The Hall–Kier alpha value is -1.26. The quantitative estimate of drug-likeness (QED) is 0.726. The predicted molar refractivity (Wildman–Crippen MR) is 106 cm³/mol. The van der Waals surface area contributed by atoms with Crippen molar-refractivity contribution in [1.82, 2.24) is 9.80 Å². The molecular weight excluding hydrogens is 324 g/mol. The fourth-order valence-electron chi connectivity index (χ4n) is 4.76. The molecule has 0 heterocycles. The Morgan fingerprint density at radius 1 is 0.692 bits per heavy atom. The number of phenolic OH excluding ortho intramolecular Hbond substituents is 2. The Balaban J connectivity index is 1.63. The van der Waals surface area contributed by atoms with E-state index in [9.17, 15) is 10.2 Å². The molecule has 0 saturated heterocycles. The van der Waals surface area contributed by atoms with Gasteiger partial charge in [-0.2, -0.15) is 0 Å². The van der Waals surface area contributed by atoms with Crippen molar-refractivity contribution in [2.75, 3.05) is 14.1 Å². The van der Waals surface area contributed by atoms with Crippen LogP contribution in [0.2, 0.25) is 0 Å². The third kappa shape index (κ3) is 4.92. The Labute approximate surface area is 158 Å². The van der Waals surface area contributed by atoms with Crippen molar-refractivity contribution < 1.29 is 10.2 Å². The van der Waals surface area contributed by atoms with Gasteiger partial charge in [-0.1, -0.05) is 38.5 Å². The van der Waals surface area contributed by atoms with Gasteiger partial charge in [0, 0.05) is 36.3 Å². The van der Waals surface area contributed by atoms with E-state index >= 15 is 0 Å². The molecule has 2 aliphatic carbocycles. The van der Waals surface area contributed by atoms with Gasteiger partial charge < -0.3 is 10.2 Å². The van der Waals surface area contributed by atoms with Crippen LogP contribution in [-0.4, -0.2) is 46.2 Å². The van der Waals surface area contributed by atoms with Crippen LogP contribution in [0.3, 0.4) is 0 Å². The molecule has 0 aromatic heterocycles. The zero-order valence-corrected chi connectivity index (χ0v) is 16.6. The molecule has 2 N–H and O–H groups in total. The summed E-state index contributed by atoms with van der Waals surface area (Å²) in [6.07, 6.45) is 12.9. The number of hydrogen-bond acceptors (Lipinski definition) is 4. The topological polar surface area (TPSA) is 46.9 Å². The number of phenols is 2. The number of aromatic hydroxyl groups is 2. The van der Waals surface area contributed by atoms with E-state index < -0.39 is 0 Å². The normalized spacial score (nSPS) is 20.2. The van der Waals surface area contributed by atoms with E-state index in [-0.39, 0.29) is 0 Å². The number of benzene rings is 1. The number of nitrogens with zero attached hydrogens (tertiary/aromatic N) is 2. The van der Waals surface area contributed by atoms with Crippen LogP contribution >= 0.6 is 0 Å². The lowest BCUT2D eigenvalue weighted by atomic mass is 9.93. The summed E-state index contributed by atoms with van der Waals surface area (Å²) in [5.74, 6) is 0.634. The average Bonchev–Trinajstić information content (AvgIpc) is 2.67. The zero-order valence-electron chi connectivity index (χ0n) is 16.6. The van der Waals surface area contributed by atoms with Crippen LogP contribution in [0.1, 0.15) is 75.3 Å². The van der Waals surface area contributed by atoms with Crippen molar-refractivity contribution in [1.29, 1.82) is 0 Å². The van der Waals surface area contributed by atoms with Gasteiger partial charge in [0.2, 0.25) is 0 Å². The monoisotopic (exact) mass is 360 g/mol. The van der Waals surface area contributed by atoms with Crippen LogP contribution in [-0.2, 0) is 13.1 Å². The van der Waals surface area contributed by atoms with Gasteiger partial charge >= 0.3 is 0 Å². The third-order valence-corrected chi connectivity index (χ3v) is 6.52. The van der Waals surface area contributed by atoms with Gasteiger partial charge in [0.25, 0.3) is 0 Å². The molecule has 3 rings (SSSR count). The van der Waals surface area contributed by atoms with E-state index in [0.717, 1.165) is 11.1 Å². The van der Waals surface area contributed by atoms with E-state index in [1.54, 1.807) is 12.1 Å². The molecule has 2 saturated carbocycles. The van der Waals surface area contributed by atoms with Crippen LogP contribution in [0, 0.1) is 0 Å². The smallest absolute Gasteiger partial charge is 0.120 e. The second kappa shape index (κ2) is 9.09. The Bertz CT molecular complexity index is 526.